The van der Waals surface area contributed by atoms with Gasteiger partial charge in [-0.15, -0.1) is 0 Å². The van der Waals surface area contributed by atoms with Gasteiger partial charge in [-0.3, -0.25) is 10.1 Å². The quantitative estimate of drug-likeness (QED) is 0.0381. The molecule has 1 aromatic rings. The monoisotopic (exact) mass is 1010 g/mol. The molecule has 1 aromatic carbocycles. The molecule has 2 saturated carbocycles. The van der Waals surface area contributed by atoms with Gasteiger partial charge in [-0.05, 0) is 150 Å². The number of benzene rings is 1. The number of alkyl carbamates (subject to hydrolysis) is 1. The summed E-state index contributed by atoms with van der Waals surface area (Å²) >= 11 is 0. The number of hydrogen-bond acceptors (Lipinski definition) is 16. The third kappa shape index (κ3) is 13.4. The van der Waals surface area contributed by atoms with E-state index >= 15 is 0 Å². The van der Waals surface area contributed by atoms with E-state index in [-0.39, 0.29) is 70.6 Å². The largest absolute Gasteiger partial charge is 0.514 e. The van der Waals surface area contributed by atoms with Crippen LogP contribution in [0.1, 0.15) is 112 Å². The maximum atomic E-state index is 12.5. The molecule has 404 valence electrons. The number of ether oxygens (including phenoxy) is 9. The molecule has 0 bridgehead atoms. The standard InChI is InChI=1S/C24H40N2O5.C23H29NO8.C7H16N2/c1-16(2)8-9-19-23(3,31-19)21-20(28-5)18(10-12-24(21)15-29-24)30-22(27)25-13-11-17-7-6-14-26(17)4;1-14(2)5-10-18-22(3,32-18)20-19(28-4)17(11-12-23(20)13-29-23)31-21(25)30-16-8-6-15(7-9-16)24(26)27;1-9-6-2-3-7(9)4-5-8/h8,17-21H,6-7,9-15H2,1-5H3,(H,25,27);5-10,14,17-20H,11-13H2,1-4H3;7H,2-6,8H2,1H3/b;10-5+;/t17?,18-,19-,20-,21?,23-,24+;17-,18-,19-,20?,22-,23+;/m11./s1. The number of carbonyl (C=O) groups excluding carboxylic acids is 2. The molecule has 18 nitrogen and oxygen atoms in total. The van der Waals surface area contributed by atoms with E-state index in [1.54, 1.807) is 14.2 Å². The molecule has 8 fully saturated rings. The summed E-state index contributed by atoms with van der Waals surface area (Å²) in [6.07, 6.45) is 15.0. The highest BCUT2D eigenvalue weighted by molar-refractivity contribution is 5.67. The smallest absolute Gasteiger partial charge is 0.443 e. The molecule has 6 aliphatic heterocycles. The van der Waals surface area contributed by atoms with Gasteiger partial charge >= 0.3 is 12.2 Å². The number of nitrogens with one attached hydrogen (secondary N) is 1. The normalized spacial score (nSPS) is 37.6. The van der Waals surface area contributed by atoms with Gasteiger partial charge < -0.3 is 63.5 Å². The van der Waals surface area contributed by atoms with E-state index in [0.29, 0.717) is 31.5 Å². The highest BCUT2D eigenvalue weighted by Gasteiger charge is 2.73. The number of nitro benzene ring substituents is 1. The van der Waals surface area contributed by atoms with Crippen molar-refractivity contribution in [1.29, 1.82) is 0 Å². The van der Waals surface area contributed by atoms with Gasteiger partial charge in [0.05, 0.1) is 36.1 Å². The molecule has 0 radical (unpaired) electrons. The number of allylic oxidation sites excluding steroid dienone is 2. The first-order valence-electron chi connectivity index (χ1n) is 26.5. The van der Waals surface area contributed by atoms with E-state index in [1.807, 2.05) is 0 Å². The minimum atomic E-state index is -0.879. The third-order valence-corrected chi connectivity index (χ3v) is 16.7. The van der Waals surface area contributed by atoms with Gasteiger partial charge in [0.2, 0.25) is 0 Å². The number of hydrogen-bond donors (Lipinski definition) is 2. The summed E-state index contributed by atoms with van der Waals surface area (Å²) in [5, 5.41) is 13.7. The van der Waals surface area contributed by atoms with E-state index in [0.717, 1.165) is 57.8 Å². The molecule has 6 heterocycles. The van der Waals surface area contributed by atoms with E-state index < -0.39 is 28.9 Å². The first kappa shape index (κ1) is 56.0. The first-order chi connectivity index (χ1) is 34.3. The summed E-state index contributed by atoms with van der Waals surface area (Å²) < 4.78 is 52.7. The number of epoxide rings is 4. The molecule has 0 aromatic heterocycles. The molecule has 1 amide bonds. The van der Waals surface area contributed by atoms with Crippen molar-refractivity contribution in [1.82, 2.24) is 15.1 Å². The fourth-order valence-electron chi connectivity index (χ4n) is 12.3. The van der Waals surface area contributed by atoms with Gasteiger partial charge in [0.15, 0.2) is 0 Å². The van der Waals surface area contributed by atoms with Crippen LogP contribution in [-0.4, -0.2) is 166 Å². The Hall–Kier alpha value is -3.72. The number of nitrogens with two attached hydrogens (primary N) is 1. The zero-order valence-corrected chi connectivity index (χ0v) is 44.6. The van der Waals surface area contributed by atoms with Crippen molar-refractivity contribution >= 4 is 17.9 Å². The number of likely N-dealkylation sites (tertiary alicyclic amines) is 2. The number of non-ortho nitro benzene ring substituents is 1. The molecule has 3 N–H and O–H groups in total. The molecular weight excluding hydrogens is 927 g/mol. The van der Waals surface area contributed by atoms with Crippen LogP contribution in [0.25, 0.3) is 0 Å². The van der Waals surface area contributed by atoms with Gasteiger partial charge in [-0.2, -0.15) is 0 Å². The van der Waals surface area contributed by atoms with Gasteiger partial charge in [0, 0.05) is 45.0 Å². The maximum absolute atomic E-state index is 12.5. The molecule has 2 aliphatic carbocycles. The summed E-state index contributed by atoms with van der Waals surface area (Å²) in [6.45, 7) is 17.9. The van der Waals surface area contributed by atoms with Crippen molar-refractivity contribution in [3.05, 3.63) is 58.2 Å². The van der Waals surface area contributed by atoms with Crippen molar-refractivity contribution in [3.8, 4) is 5.75 Å². The van der Waals surface area contributed by atoms with Crippen molar-refractivity contribution < 1.29 is 57.1 Å². The molecule has 2 spiro atoms. The Morgan fingerprint density at radius 2 is 1.42 bits per heavy atom. The SMILES string of the molecule is CN1CCCC1CCN.CO[C@H]1C([C@]2(C)O[C@@H]2/C=C/C(C)C)[C@]2(CC[C@H]1OC(=O)Oc1ccc([N+](=O)[O-])cc1)CO2.CO[C@H]1C([C@]2(C)O[C@@H]2CC=C(C)C)[C@]2(CC[C@H]1OC(=O)NCCC1CCCN1C)CO2. The molecule has 4 unspecified atom stereocenters. The second-order valence-electron chi connectivity index (χ2n) is 22.3. The zero-order chi connectivity index (χ0) is 52.0. The number of amides is 1. The fourth-order valence-corrected chi connectivity index (χ4v) is 12.3. The van der Waals surface area contributed by atoms with E-state index in [2.05, 4.69) is 89.0 Å². The number of nitro groups is 1. The van der Waals surface area contributed by atoms with Crippen molar-refractivity contribution in [2.24, 2.45) is 23.5 Å². The van der Waals surface area contributed by atoms with E-state index in [4.69, 9.17) is 48.4 Å². The summed E-state index contributed by atoms with van der Waals surface area (Å²) in [5.41, 5.74) is 5.36. The van der Waals surface area contributed by atoms with E-state index in [1.165, 1.54) is 68.5 Å². The lowest BCUT2D eigenvalue weighted by Gasteiger charge is -2.42. The van der Waals surface area contributed by atoms with Crippen LogP contribution in [-0.2, 0) is 37.9 Å². The van der Waals surface area contributed by atoms with Crippen LogP contribution in [0.2, 0.25) is 0 Å². The topological polar surface area (TPSA) is 218 Å². The van der Waals surface area contributed by atoms with Crippen molar-refractivity contribution in [2.45, 2.75) is 183 Å². The predicted molar refractivity (Wildman–Crippen MR) is 271 cm³/mol. The van der Waals surface area contributed by atoms with Crippen LogP contribution in [0, 0.1) is 27.9 Å². The molecule has 6 saturated heterocycles. The lowest BCUT2D eigenvalue weighted by atomic mass is 9.68. The maximum Gasteiger partial charge on any atom is 0.514 e. The Balaban J connectivity index is 0.000000180. The van der Waals surface area contributed by atoms with Gasteiger partial charge in [0.1, 0.15) is 58.7 Å². The first-order valence-corrected chi connectivity index (χ1v) is 26.5. The summed E-state index contributed by atoms with van der Waals surface area (Å²) in [6, 6.07) is 6.59. The summed E-state index contributed by atoms with van der Waals surface area (Å²) in [4.78, 5) is 40.0. The van der Waals surface area contributed by atoms with Crippen LogP contribution < -0.4 is 15.8 Å². The zero-order valence-electron chi connectivity index (χ0n) is 44.6. The van der Waals surface area contributed by atoms with Crippen LogP contribution in [0.5, 0.6) is 5.75 Å². The molecule has 14 atom stereocenters. The van der Waals surface area contributed by atoms with Gasteiger partial charge in [-0.1, -0.05) is 37.6 Å². The Bertz CT molecular complexity index is 2040. The minimum absolute atomic E-state index is 0.0422. The lowest BCUT2D eigenvalue weighted by Crippen LogP contribution is -2.56. The number of carbonyl (C=O) groups is 2. The summed E-state index contributed by atoms with van der Waals surface area (Å²) in [5.74, 6) is 0.539. The second kappa shape index (κ2) is 23.9. The Kier molecular flexibility index (Phi) is 18.6. The van der Waals surface area contributed by atoms with Gasteiger partial charge in [-0.25, -0.2) is 9.59 Å². The summed E-state index contributed by atoms with van der Waals surface area (Å²) in [7, 11) is 7.65. The van der Waals surface area contributed by atoms with Crippen LogP contribution >= 0.6 is 0 Å². The highest BCUT2D eigenvalue weighted by atomic mass is 16.7. The molecular formula is C54H85N5O13. The minimum Gasteiger partial charge on any atom is -0.443 e. The van der Waals surface area contributed by atoms with E-state index in [9.17, 15) is 19.7 Å². The van der Waals surface area contributed by atoms with Crippen LogP contribution in [0.4, 0.5) is 15.3 Å². The molecule has 9 rings (SSSR count). The van der Waals surface area contributed by atoms with Crippen molar-refractivity contribution in [3.63, 3.8) is 0 Å². The Labute approximate surface area is 427 Å². The number of nitrogens with zero attached hydrogens (tertiary/aromatic N) is 3. The average Bonchev–Trinajstić information content (AvgIpc) is 4.31. The molecule has 8 aliphatic rings. The predicted octanol–water partition coefficient (Wildman–Crippen LogP) is 7.75. The van der Waals surface area contributed by atoms with Gasteiger partial charge in [0.25, 0.3) is 5.69 Å². The Morgan fingerprint density at radius 3 is 1.90 bits per heavy atom. The number of methoxy groups -OCH3 is 2. The molecule has 18 heteroatoms. The number of rotatable bonds is 17. The average molecular weight is 1010 g/mol. The fraction of sp³-hybridized carbons (Fsp3) is 0.778. The third-order valence-electron chi connectivity index (χ3n) is 16.7. The lowest BCUT2D eigenvalue weighted by molar-refractivity contribution is -0.384. The van der Waals surface area contributed by atoms with Crippen LogP contribution in [0.3, 0.4) is 0 Å². The van der Waals surface area contributed by atoms with Crippen LogP contribution in [0.15, 0.2) is 48.1 Å². The second-order valence-corrected chi connectivity index (χ2v) is 22.3. The highest BCUT2D eigenvalue weighted by Crippen LogP contribution is 2.61. The van der Waals surface area contributed by atoms with Crippen molar-refractivity contribution in [2.75, 3.05) is 67.7 Å². The molecule has 72 heavy (non-hydrogen) atoms. The Morgan fingerprint density at radius 1 is 0.861 bits per heavy atom.